The lowest BCUT2D eigenvalue weighted by Gasteiger charge is -2.34. The first-order chi connectivity index (χ1) is 8.58. The fourth-order valence-corrected chi connectivity index (χ4v) is 2.69. The zero-order valence-electron chi connectivity index (χ0n) is 10.7. The van der Waals surface area contributed by atoms with Crippen molar-refractivity contribution in [2.45, 2.75) is 31.4 Å². The number of aliphatic carboxylic acids is 1. The van der Waals surface area contributed by atoms with E-state index in [0.29, 0.717) is 0 Å². The summed E-state index contributed by atoms with van der Waals surface area (Å²) in [4.78, 5) is 26.3. The van der Waals surface area contributed by atoms with Crippen molar-refractivity contribution in [3.8, 4) is 0 Å². The number of amides is 1. The van der Waals surface area contributed by atoms with Crippen LogP contribution in [-0.2, 0) is 14.3 Å². The zero-order chi connectivity index (χ0) is 13.1. The number of carboxylic acids is 1. The highest BCUT2D eigenvalue weighted by Gasteiger charge is 2.35. The van der Waals surface area contributed by atoms with E-state index in [0.717, 1.165) is 38.9 Å². The van der Waals surface area contributed by atoms with Crippen molar-refractivity contribution in [3.63, 3.8) is 0 Å². The van der Waals surface area contributed by atoms with Gasteiger partial charge in [-0.25, -0.2) is 4.79 Å². The van der Waals surface area contributed by atoms with Gasteiger partial charge in [-0.3, -0.25) is 9.69 Å². The third-order valence-electron chi connectivity index (χ3n) is 3.76. The van der Waals surface area contributed by atoms with Crippen LogP contribution in [0.2, 0.25) is 0 Å². The minimum atomic E-state index is -0.926. The molecule has 1 amide bonds. The normalized spacial score (nSPS) is 26.8. The molecule has 1 N–H and O–H groups in total. The lowest BCUT2D eigenvalue weighted by Crippen LogP contribution is -2.46. The Bertz CT molecular complexity index is 326. The number of carbonyl (C=O) groups is 2. The van der Waals surface area contributed by atoms with Gasteiger partial charge in [0.25, 0.3) is 0 Å². The summed E-state index contributed by atoms with van der Waals surface area (Å²) in [7, 11) is 1.84. The number of likely N-dealkylation sites (N-methyl/N-ethyl adjacent to an activating group) is 1. The predicted octanol–water partition coefficient (Wildman–Crippen LogP) is -0.217. The van der Waals surface area contributed by atoms with Gasteiger partial charge in [0, 0.05) is 26.7 Å². The number of piperidine rings is 1. The third-order valence-corrected chi connectivity index (χ3v) is 3.76. The molecule has 0 saturated carbocycles. The molecule has 0 spiro atoms. The van der Waals surface area contributed by atoms with Crippen LogP contribution in [0.25, 0.3) is 0 Å². The summed E-state index contributed by atoms with van der Waals surface area (Å²) in [5.41, 5.74) is 0. The van der Waals surface area contributed by atoms with Gasteiger partial charge in [-0.05, 0) is 19.3 Å². The van der Waals surface area contributed by atoms with Crippen molar-refractivity contribution in [2.24, 2.45) is 0 Å². The molecule has 6 nitrogen and oxygen atoms in total. The van der Waals surface area contributed by atoms with Crippen LogP contribution in [0.1, 0.15) is 19.3 Å². The van der Waals surface area contributed by atoms with Gasteiger partial charge in [0.05, 0.1) is 12.1 Å². The van der Waals surface area contributed by atoms with Crippen LogP contribution in [0, 0.1) is 0 Å². The van der Waals surface area contributed by atoms with E-state index in [2.05, 4.69) is 4.90 Å². The summed E-state index contributed by atoms with van der Waals surface area (Å²) in [6.45, 7) is 2.23. The maximum absolute atomic E-state index is 11.9. The van der Waals surface area contributed by atoms with Gasteiger partial charge < -0.3 is 14.7 Å². The summed E-state index contributed by atoms with van der Waals surface area (Å²) >= 11 is 0. The number of hydrogen-bond acceptors (Lipinski definition) is 4. The van der Waals surface area contributed by atoms with Gasteiger partial charge in [-0.2, -0.15) is 0 Å². The van der Waals surface area contributed by atoms with Gasteiger partial charge in [0.2, 0.25) is 5.91 Å². The second-order valence-corrected chi connectivity index (χ2v) is 5.00. The van der Waals surface area contributed by atoms with Crippen molar-refractivity contribution in [1.82, 2.24) is 9.80 Å². The van der Waals surface area contributed by atoms with Gasteiger partial charge in [0.1, 0.15) is 6.61 Å². The molecule has 2 fully saturated rings. The summed E-state index contributed by atoms with van der Waals surface area (Å²) in [6, 6.07) is 0.0235. The summed E-state index contributed by atoms with van der Waals surface area (Å²) in [5, 5.41) is 8.55. The van der Waals surface area contributed by atoms with E-state index < -0.39 is 5.97 Å². The number of rotatable bonds is 4. The van der Waals surface area contributed by atoms with Gasteiger partial charge in [0.15, 0.2) is 0 Å². The molecular formula is C12H20N2O4. The van der Waals surface area contributed by atoms with Crippen LogP contribution in [-0.4, -0.2) is 72.2 Å². The van der Waals surface area contributed by atoms with Crippen LogP contribution < -0.4 is 0 Å². The third kappa shape index (κ3) is 3.00. The first-order valence-electron chi connectivity index (χ1n) is 6.40. The van der Waals surface area contributed by atoms with Crippen LogP contribution in [0.4, 0.5) is 0 Å². The maximum atomic E-state index is 11.9. The summed E-state index contributed by atoms with van der Waals surface area (Å²) in [6.07, 6.45) is 2.53. The Balaban J connectivity index is 1.76. The van der Waals surface area contributed by atoms with Gasteiger partial charge in [-0.1, -0.05) is 0 Å². The Kier molecular flexibility index (Phi) is 4.19. The monoisotopic (exact) mass is 256 g/mol. The number of likely N-dealkylation sites (tertiary alicyclic amines) is 2. The first-order valence-corrected chi connectivity index (χ1v) is 6.40. The molecule has 0 aromatic carbocycles. The number of carboxylic acid groups (broad SMARTS) is 1. The Labute approximate surface area is 106 Å². The standard InChI is InChI=1S/C12H20N2O4/c1-13-5-4-10(12(13)17)14-6-2-9(3-7-14)18-8-11(15)16/h9-10H,2-8H2,1H3,(H,15,16). The molecule has 2 heterocycles. The molecule has 0 aromatic heterocycles. The van der Waals surface area contributed by atoms with E-state index in [1.807, 2.05) is 7.05 Å². The Morgan fingerprint density at radius 2 is 2.00 bits per heavy atom. The fraction of sp³-hybridized carbons (Fsp3) is 0.833. The second kappa shape index (κ2) is 5.67. The minimum Gasteiger partial charge on any atom is -0.480 e. The van der Waals surface area contributed by atoms with Crippen LogP contribution >= 0.6 is 0 Å². The average Bonchev–Trinajstić information content (AvgIpc) is 2.68. The molecule has 0 bridgehead atoms. The molecule has 2 aliphatic heterocycles. The van der Waals surface area contributed by atoms with E-state index in [1.165, 1.54) is 0 Å². The lowest BCUT2D eigenvalue weighted by molar-refractivity contribution is -0.145. The van der Waals surface area contributed by atoms with Crippen molar-refractivity contribution in [3.05, 3.63) is 0 Å². The van der Waals surface area contributed by atoms with Crippen LogP contribution in [0.15, 0.2) is 0 Å². The topological polar surface area (TPSA) is 70.1 Å². The molecular weight excluding hydrogens is 236 g/mol. The zero-order valence-corrected chi connectivity index (χ0v) is 10.7. The van der Waals surface area contributed by atoms with Gasteiger partial charge in [-0.15, -0.1) is 0 Å². The lowest BCUT2D eigenvalue weighted by atomic mass is 10.0. The molecule has 102 valence electrons. The highest BCUT2D eigenvalue weighted by Crippen LogP contribution is 2.21. The molecule has 0 aromatic rings. The molecule has 18 heavy (non-hydrogen) atoms. The number of ether oxygens (including phenoxy) is 1. The molecule has 1 unspecified atom stereocenters. The van der Waals surface area contributed by atoms with Crippen LogP contribution in [0.5, 0.6) is 0 Å². The molecule has 2 saturated heterocycles. The Hall–Kier alpha value is -1.14. The summed E-state index contributed by atoms with van der Waals surface area (Å²) < 4.78 is 5.28. The number of carbonyl (C=O) groups excluding carboxylic acids is 1. The van der Waals surface area contributed by atoms with Crippen molar-refractivity contribution < 1.29 is 19.4 Å². The van der Waals surface area contributed by atoms with Crippen molar-refractivity contribution >= 4 is 11.9 Å². The minimum absolute atomic E-state index is 0.0200. The smallest absolute Gasteiger partial charge is 0.329 e. The predicted molar refractivity (Wildman–Crippen MR) is 64.2 cm³/mol. The van der Waals surface area contributed by atoms with E-state index in [-0.39, 0.29) is 24.7 Å². The molecule has 0 radical (unpaired) electrons. The van der Waals surface area contributed by atoms with E-state index in [4.69, 9.17) is 9.84 Å². The van der Waals surface area contributed by atoms with Crippen molar-refractivity contribution in [1.29, 1.82) is 0 Å². The van der Waals surface area contributed by atoms with Gasteiger partial charge >= 0.3 is 5.97 Å². The second-order valence-electron chi connectivity index (χ2n) is 5.00. The largest absolute Gasteiger partial charge is 0.480 e. The van der Waals surface area contributed by atoms with E-state index in [9.17, 15) is 9.59 Å². The number of hydrogen-bond donors (Lipinski definition) is 1. The Morgan fingerprint density at radius 3 is 2.50 bits per heavy atom. The van der Waals surface area contributed by atoms with E-state index in [1.54, 1.807) is 4.90 Å². The molecule has 1 atom stereocenters. The Morgan fingerprint density at radius 1 is 1.33 bits per heavy atom. The maximum Gasteiger partial charge on any atom is 0.329 e. The molecule has 2 aliphatic rings. The molecule has 2 rings (SSSR count). The molecule has 0 aliphatic carbocycles. The summed E-state index contributed by atoms with van der Waals surface area (Å²) in [5.74, 6) is -0.718. The molecule has 6 heteroatoms. The van der Waals surface area contributed by atoms with E-state index >= 15 is 0 Å². The van der Waals surface area contributed by atoms with Crippen LogP contribution in [0.3, 0.4) is 0 Å². The quantitative estimate of drug-likeness (QED) is 0.753. The highest BCUT2D eigenvalue weighted by molar-refractivity contribution is 5.83. The highest BCUT2D eigenvalue weighted by atomic mass is 16.5. The average molecular weight is 256 g/mol. The fourth-order valence-electron chi connectivity index (χ4n) is 2.69. The SMILES string of the molecule is CN1CCC(N2CCC(OCC(=O)O)CC2)C1=O. The number of nitrogens with zero attached hydrogens (tertiary/aromatic N) is 2. The first kappa shape index (κ1) is 13.3. The van der Waals surface area contributed by atoms with Crippen molar-refractivity contribution in [2.75, 3.05) is 33.3 Å².